The zero-order valence-corrected chi connectivity index (χ0v) is 13.2. The summed E-state index contributed by atoms with van der Waals surface area (Å²) in [5.74, 6) is 3.01. The quantitative estimate of drug-likeness (QED) is 0.459. The number of hydrogen-bond donors (Lipinski definition) is 0. The molecular formula is C17H34. The molecule has 0 spiro atoms. The molecule has 0 nitrogen and oxygen atoms in total. The van der Waals surface area contributed by atoms with Gasteiger partial charge in [-0.05, 0) is 35.5 Å². The van der Waals surface area contributed by atoms with Gasteiger partial charge in [-0.3, -0.25) is 0 Å². The van der Waals surface area contributed by atoms with Crippen LogP contribution in [0, 0.1) is 29.1 Å². The van der Waals surface area contributed by atoms with E-state index in [0.717, 1.165) is 17.8 Å². The van der Waals surface area contributed by atoms with Crippen LogP contribution in [0.15, 0.2) is 12.7 Å². The van der Waals surface area contributed by atoms with Crippen molar-refractivity contribution in [1.29, 1.82) is 0 Å². The van der Waals surface area contributed by atoms with Gasteiger partial charge in [-0.1, -0.05) is 67.4 Å². The third kappa shape index (κ3) is 4.85. The van der Waals surface area contributed by atoms with Crippen molar-refractivity contribution >= 4 is 0 Å². The molecule has 0 aliphatic heterocycles. The summed E-state index contributed by atoms with van der Waals surface area (Å²) in [4.78, 5) is 0. The standard InChI is InChI=1S/C17H34/c1-9-13(4)16(10-2)12-14(5)15(6)17(7,8)11-3/h10,13-16H,2,9,11-12H2,1,3-8H3. The molecule has 0 rings (SSSR count). The Hall–Kier alpha value is -0.260. The predicted molar refractivity (Wildman–Crippen MR) is 80.2 cm³/mol. The zero-order valence-electron chi connectivity index (χ0n) is 13.2. The lowest BCUT2D eigenvalue weighted by Crippen LogP contribution is -2.28. The van der Waals surface area contributed by atoms with Crippen LogP contribution in [-0.4, -0.2) is 0 Å². The number of rotatable bonds is 8. The van der Waals surface area contributed by atoms with E-state index in [-0.39, 0.29) is 0 Å². The fraction of sp³-hybridized carbons (Fsp3) is 0.882. The second kappa shape index (κ2) is 7.24. The first-order valence-corrected chi connectivity index (χ1v) is 7.42. The Balaban J connectivity index is 4.51. The lowest BCUT2D eigenvalue weighted by molar-refractivity contribution is 0.137. The van der Waals surface area contributed by atoms with Crippen LogP contribution >= 0.6 is 0 Å². The van der Waals surface area contributed by atoms with Gasteiger partial charge in [-0.15, -0.1) is 6.58 Å². The molecule has 0 heterocycles. The van der Waals surface area contributed by atoms with Gasteiger partial charge in [-0.2, -0.15) is 0 Å². The molecule has 0 aliphatic rings. The third-order valence-corrected chi connectivity index (χ3v) is 5.32. The second-order valence-electron chi connectivity index (χ2n) is 6.63. The zero-order chi connectivity index (χ0) is 13.6. The van der Waals surface area contributed by atoms with Crippen molar-refractivity contribution in [2.24, 2.45) is 29.1 Å². The summed E-state index contributed by atoms with van der Waals surface area (Å²) in [5.41, 5.74) is 0.459. The Morgan fingerprint density at radius 3 is 1.94 bits per heavy atom. The summed E-state index contributed by atoms with van der Waals surface area (Å²) >= 11 is 0. The molecule has 0 bridgehead atoms. The van der Waals surface area contributed by atoms with Gasteiger partial charge in [-0.25, -0.2) is 0 Å². The summed E-state index contributed by atoms with van der Waals surface area (Å²) in [6.07, 6.45) is 6.00. The molecule has 4 atom stereocenters. The molecule has 0 aromatic carbocycles. The maximum Gasteiger partial charge on any atom is -0.0208 e. The van der Waals surface area contributed by atoms with Gasteiger partial charge < -0.3 is 0 Å². The molecule has 102 valence electrons. The topological polar surface area (TPSA) is 0 Å². The van der Waals surface area contributed by atoms with E-state index in [2.05, 4.69) is 61.1 Å². The van der Waals surface area contributed by atoms with Crippen molar-refractivity contribution < 1.29 is 0 Å². The lowest BCUT2D eigenvalue weighted by atomic mass is 9.69. The summed E-state index contributed by atoms with van der Waals surface area (Å²) in [6, 6.07) is 0. The summed E-state index contributed by atoms with van der Waals surface area (Å²) in [5, 5.41) is 0. The average molecular weight is 238 g/mol. The van der Waals surface area contributed by atoms with Crippen molar-refractivity contribution in [3.8, 4) is 0 Å². The molecule has 0 N–H and O–H groups in total. The average Bonchev–Trinajstić information content (AvgIpc) is 2.33. The highest BCUT2D eigenvalue weighted by atomic mass is 14.3. The number of allylic oxidation sites excluding steroid dienone is 1. The minimum absolute atomic E-state index is 0.459. The molecule has 17 heavy (non-hydrogen) atoms. The molecular weight excluding hydrogens is 204 g/mol. The lowest BCUT2D eigenvalue weighted by Gasteiger charge is -2.37. The first-order chi connectivity index (χ1) is 7.80. The normalized spacial score (nSPS) is 19.5. The van der Waals surface area contributed by atoms with E-state index >= 15 is 0 Å². The maximum absolute atomic E-state index is 4.02. The molecule has 0 aromatic rings. The fourth-order valence-corrected chi connectivity index (χ4v) is 2.59. The van der Waals surface area contributed by atoms with E-state index < -0.39 is 0 Å². The van der Waals surface area contributed by atoms with E-state index in [1.807, 2.05) is 0 Å². The largest absolute Gasteiger partial charge is 0.103 e. The molecule has 0 aromatic heterocycles. The molecule has 0 amide bonds. The van der Waals surface area contributed by atoms with Crippen molar-refractivity contribution in [3.63, 3.8) is 0 Å². The first-order valence-electron chi connectivity index (χ1n) is 7.42. The second-order valence-corrected chi connectivity index (χ2v) is 6.63. The van der Waals surface area contributed by atoms with Crippen LogP contribution in [0.4, 0.5) is 0 Å². The number of hydrogen-bond acceptors (Lipinski definition) is 0. The predicted octanol–water partition coefficient (Wildman–Crippen LogP) is 5.93. The van der Waals surface area contributed by atoms with Gasteiger partial charge in [0.1, 0.15) is 0 Å². The van der Waals surface area contributed by atoms with Crippen LogP contribution in [0.25, 0.3) is 0 Å². The minimum atomic E-state index is 0.459. The van der Waals surface area contributed by atoms with Crippen LogP contribution < -0.4 is 0 Å². The summed E-state index contributed by atoms with van der Waals surface area (Å²) < 4.78 is 0. The van der Waals surface area contributed by atoms with Gasteiger partial charge in [0.2, 0.25) is 0 Å². The molecule has 0 radical (unpaired) electrons. The van der Waals surface area contributed by atoms with Crippen LogP contribution in [0.2, 0.25) is 0 Å². The van der Waals surface area contributed by atoms with E-state index in [1.165, 1.54) is 19.3 Å². The molecule has 0 fully saturated rings. The van der Waals surface area contributed by atoms with E-state index in [0.29, 0.717) is 11.3 Å². The fourth-order valence-electron chi connectivity index (χ4n) is 2.59. The van der Waals surface area contributed by atoms with Crippen LogP contribution in [0.5, 0.6) is 0 Å². The Kier molecular flexibility index (Phi) is 7.13. The van der Waals surface area contributed by atoms with Gasteiger partial charge in [0, 0.05) is 0 Å². The molecule has 0 aliphatic carbocycles. The minimum Gasteiger partial charge on any atom is -0.103 e. The maximum atomic E-state index is 4.02. The molecule has 0 heteroatoms. The monoisotopic (exact) mass is 238 g/mol. The van der Waals surface area contributed by atoms with Crippen LogP contribution in [-0.2, 0) is 0 Å². The molecule has 0 saturated heterocycles. The van der Waals surface area contributed by atoms with Crippen LogP contribution in [0.3, 0.4) is 0 Å². The SMILES string of the molecule is C=CC(CC(C)C(C)C(C)(C)CC)C(C)CC. The summed E-state index contributed by atoms with van der Waals surface area (Å²) in [6.45, 7) is 20.6. The van der Waals surface area contributed by atoms with Crippen LogP contribution in [0.1, 0.15) is 67.7 Å². The Morgan fingerprint density at radius 2 is 1.59 bits per heavy atom. The highest BCUT2D eigenvalue weighted by molar-refractivity contribution is 4.87. The third-order valence-electron chi connectivity index (χ3n) is 5.32. The summed E-state index contributed by atoms with van der Waals surface area (Å²) in [7, 11) is 0. The highest BCUT2D eigenvalue weighted by Crippen LogP contribution is 2.39. The van der Waals surface area contributed by atoms with E-state index in [9.17, 15) is 0 Å². The van der Waals surface area contributed by atoms with Crippen molar-refractivity contribution in [2.45, 2.75) is 67.7 Å². The Bertz CT molecular complexity index is 214. The van der Waals surface area contributed by atoms with Crippen molar-refractivity contribution in [3.05, 3.63) is 12.7 Å². The van der Waals surface area contributed by atoms with Gasteiger partial charge in [0.25, 0.3) is 0 Å². The smallest absolute Gasteiger partial charge is 0.0208 e. The van der Waals surface area contributed by atoms with Gasteiger partial charge >= 0.3 is 0 Å². The van der Waals surface area contributed by atoms with Crippen molar-refractivity contribution in [1.82, 2.24) is 0 Å². The van der Waals surface area contributed by atoms with E-state index in [4.69, 9.17) is 0 Å². The molecule has 4 unspecified atom stereocenters. The molecule has 0 saturated carbocycles. The highest BCUT2D eigenvalue weighted by Gasteiger charge is 2.29. The van der Waals surface area contributed by atoms with Gasteiger partial charge in [0.15, 0.2) is 0 Å². The van der Waals surface area contributed by atoms with Gasteiger partial charge in [0.05, 0.1) is 0 Å². The van der Waals surface area contributed by atoms with Crippen molar-refractivity contribution in [2.75, 3.05) is 0 Å². The van der Waals surface area contributed by atoms with E-state index in [1.54, 1.807) is 0 Å². The Labute approximate surface area is 110 Å². The first kappa shape index (κ1) is 16.7. The Morgan fingerprint density at radius 1 is 1.06 bits per heavy atom.